The van der Waals surface area contributed by atoms with E-state index in [0.29, 0.717) is 0 Å². The number of rotatable bonds is 9. The van der Waals surface area contributed by atoms with Crippen molar-refractivity contribution < 1.29 is 4.74 Å². The topological polar surface area (TPSA) is 9.23 Å². The first kappa shape index (κ1) is 24.5. The van der Waals surface area contributed by atoms with Crippen LogP contribution in [-0.4, -0.2) is 6.16 Å². The number of para-hydroxylation sites is 1. The van der Waals surface area contributed by atoms with Gasteiger partial charge in [-0.05, 0) is 0 Å². The van der Waals surface area contributed by atoms with Crippen LogP contribution in [0.3, 0.4) is 0 Å². The van der Waals surface area contributed by atoms with Crippen LogP contribution in [-0.2, 0) is 6.42 Å². The Kier molecular flexibility index (Phi) is 7.37. The summed E-state index contributed by atoms with van der Waals surface area (Å²) in [7, 11) is 0. The van der Waals surface area contributed by atoms with Crippen LogP contribution in [0, 0.1) is 0 Å². The summed E-state index contributed by atoms with van der Waals surface area (Å²) in [5, 5.41) is 1.20. The van der Waals surface area contributed by atoms with Crippen LogP contribution in [0.15, 0.2) is 146 Å². The van der Waals surface area contributed by atoms with Crippen molar-refractivity contribution >= 4 is 36.7 Å². The Bertz CT molecular complexity index is 1290. The molecule has 0 aromatic heterocycles. The number of hydrogen-bond acceptors (Lipinski definition) is 1. The molecule has 0 aliphatic heterocycles. The maximum absolute atomic E-state index is 6.09. The molecule has 180 valence electrons. The van der Waals surface area contributed by atoms with Gasteiger partial charge in [-0.2, -0.15) is 0 Å². The average Bonchev–Trinajstić information content (AvgIpc) is 2.95. The summed E-state index contributed by atoms with van der Waals surface area (Å²) >= 11 is 4.56. The van der Waals surface area contributed by atoms with Gasteiger partial charge < -0.3 is 0 Å². The molecule has 36 heavy (non-hydrogen) atoms. The average molecular weight is 553 g/mol. The van der Waals surface area contributed by atoms with Crippen molar-refractivity contribution in [2.75, 3.05) is 6.16 Å². The predicted molar refractivity (Wildman–Crippen MR) is 160 cm³/mol. The molecule has 0 fully saturated rings. The van der Waals surface area contributed by atoms with Gasteiger partial charge in [0.25, 0.3) is 0 Å². The Balaban J connectivity index is 1.49. The third kappa shape index (κ3) is 4.89. The van der Waals surface area contributed by atoms with Crippen molar-refractivity contribution in [1.29, 1.82) is 0 Å². The van der Waals surface area contributed by atoms with Crippen LogP contribution in [0.5, 0.6) is 11.5 Å². The Hall–Kier alpha value is -3.19. The molecule has 0 amide bonds. The quantitative estimate of drug-likeness (QED) is 0.167. The Morgan fingerprint density at radius 1 is 0.500 bits per heavy atom. The molecule has 0 saturated carbocycles. The van der Waals surface area contributed by atoms with E-state index in [2.05, 4.69) is 125 Å². The van der Waals surface area contributed by atoms with E-state index < -0.39 is 5.31 Å². The fraction of sp³-hybridized carbons (Fsp3) is 0.0909. The first-order chi connectivity index (χ1) is 17.7. The normalized spacial score (nSPS) is 12.4. The van der Waals surface area contributed by atoms with E-state index in [9.17, 15) is 0 Å². The second kappa shape index (κ2) is 10.8. The second-order valence-electron chi connectivity index (χ2n) is 9.08. The van der Waals surface area contributed by atoms with E-state index >= 15 is 0 Å². The Morgan fingerprint density at radius 3 is 1.44 bits per heavy atom. The summed E-state index contributed by atoms with van der Waals surface area (Å²) < 4.78 is 6.09. The molecule has 1 nitrogen and oxygen atoms in total. The number of aryl methyl sites for hydroxylation is 1. The molecule has 0 spiro atoms. The zero-order valence-electron chi connectivity index (χ0n) is 20.2. The molecule has 5 aromatic carbocycles. The number of ether oxygens (including phenoxy) is 1. The molecule has 0 aliphatic carbocycles. The SMILES string of the molecule is BrP(CCCc1cccc(Oc2ccccc2)c1)(c1ccccc1)(c1ccccc1)c1ccccc1. The van der Waals surface area contributed by atoms with E-state index in [0.717, 1.165) is 30.5 Å². The summed E-state index contributed by atoms with van der Waals surface area (Å²) in [4.78, 5) is 0. The first-order valence-corrected chi connectivity index (χ1v) is 16.8. The van der Waals surface area contributed by atoms with Crippen molar-refractivity contribution in [3.63, 3.8) is 0 Å². The number of halogens is 1. The van der Waals surface area contributed by atoms with E-state index in [1.807, 2.05) is 36.4 Å². The van der Waals surface area contributed by atoms with E-state index in [1.165, 1.54) is 21.5 Å². The first-order valence-electron chi connectivity index (χ1n) is 12.4. The van der Waals surface area contributed by atoms with Gasteiger partial charge in [0, 0.05) is 0 Å². The van der Waals surface area contributed by atoms with Crippen LogP contribution in [0.25, 0.3) is 0 Å². The third-order valence-electron chi connectivity index (χ3n) is 6.80. The van der Waals surface area contributed by atoms with Crippen molar-refractivity contribution in [3.05, 3.63) is 151 Å². The summed E-state index contributed by atoms with van der Waals surface area (Å²) in [5.41, 5.74) is 1.29. The third-order valence-corrected chi connectivity index (χ3v) is 16.8. The van der Waals surface area contributed by atoms with Gasteiger partial charge in [0.2, 0.25) is 0 Å². The van der Waals surface area contributed by atoms with Gasteiger partial charge in [0.15, 0.2) is 0 Å². The van der Waals surface area contributed by atoms with Crippen molar-refractivity contribution in [3.8, 4) is 11.5 Å². The molecular weight excluding hydrogens is 523 g/mol. The Morgan fingerprint density at radius 2 is 0.944 bits per heavy atom. The summed E-state index contributed by atoms with van der Waals surface area (Å²) in [5.74, 6) is 1.74. The van der Waals surface area contributed by atoms with Crippen LogP contribution in [0.2, 0.25) is 0 Å². The van der Waals surface area contributed by atoms with Crippen LogP contribution >= 0.6 is 20.8 Å². The molecule has 0 atom stereocenters. The molecular formula is C33H30BrOP. The van der Waals surface area contributed by atoms with E-state index in [1.54, 1.807) is 0 Å². The summed E-state index contributed by atoms with van der Waals surface area (Å²) in [6.07, 6.45) is 3.03. The molecule has 0 saturated heterocycles. The van der Waals surface area contributed by atoms with Gasteiger partial charge in [-0.15, -0.1) is 0 Å². The second-order valence-corrected chi connectivity index (χ2v) is 18.1. The van der Waals surface area contributed by atoms with Gasteiger partial charge in [-0.1, -0.05) is 0 Å². The van der Waals surface area contributed by atoms with Crippen molar-refractivity contribution in [1.82, 2.24) is 0 Å². The van der Waals surface area contributed by atoms with Crippen LogP contribution in [0.4, 0.5) is 0 Å². The van der Waals surface area contributed by atoms with Crippen molar-refractivity contribution in [2.45, 2.75) is 12.8 Å². The van der Waals surface area contributed by atoms with Crippen molar-refractivity contribution in [2.24, 2.45) is 0 Å². The molecule has 3 heteroatoms. The minimum absolute atomic E-state index is 0.859. The Labute approximate surface area is 222 Å². The fourth-order valence-corrected chi connectivity index (χ4v) is 12.7. The molecule has 0 heterocycles. The molecule has 0 bridgehead atoms. The zero-order chi connectivity index (χ0) is 24.7. The fourth-order valence-electron chi connectivity index (χ4n) is 5.02. The molecule has 5 aromatic rings. The summed E-state index contributed by atoms with van der Waals surface area (Å²) in [6, 6.07) is 51.5. The summed E-state index contributed by atoms with van der Waals surface area (Å²) in [6.45, 7) is 0. The molecule has 0 radical (unpaired) electrons. The van der Waals surface area contributed by atoms with Gasteiger partial charge in [0.05, 0.1) is 0 Å². The molecule has 5 rings (SSSR count). The monoisotopic (exact) mass is 552 g/mol. The molecule has 0 aliphatic rings. The minimum atomic E-state index is -2.89. The van der Waals surface area contributed by atoms with E-state index in [4.69, 9.17) is 4.74 Å². The van der Waals surface area contributed by atoms with E-state index in [-0.39, 0.29) is 0 Å². The standard InChI is InChI=1S/C33H30BrOP/c34-36(31-20-7-2-8-21-31,32-22-9-3-10-23-32,33-24-11-4-12-25-33)26-14-16-28-15-13-19-30(27-28)35-29-17-5-1-6-18-29/h1-13,15,17-25,27H,14,16,26H2. The number of hydrogen-bond donors (Lipinski definition) is 0. The zero-order valence-corrected chi connectivity index (χ0v) is 22.7. The van der Waals surface area contributed by atoms with Crippen LogP contribution < -0.4 is 20.7 Å². The predicted octanol–water partition coefficient (Wildman–Crippen LogP) is 8.25. The van der Waals surface area contributed by atoms with Gasteiger partial charge in [-0.3, -0.25) is 0 Å². The molecule has 0 unspecified atom stereocenters. The van der Waals surface area contributed by atoms with Gasteiger partial charge >= 0.3 is 223 Å². The maximum atomic E-state index is 6.09. The van der Waals surface area contributed by atoms with Crippen LogP contribution in [0.1, 0.15) is 12.0 Å². The number of benzene rings is 5. The van der Waals surface area contributed by atoms with Gasteiger partial charge in [-0.25, -0.2) is 0 Å². The van der Waals surface area contributed by atoms with Gasteiger partial charge in [0.1, 0.15) is 0 Å². The molecule has 0 N–H and O–H groups in total.